The average Bonchev–Trinajstić information content (AvgIpc) is 2.98. The number of hydrogen-bond donors (Lipinski definition) is 1. The lowest BCUT2D eigenvalue weighted by molar-refractivity contribution is -0.154. The molecule has 2 atom stereocenters. The van der Waals surface area contributed by atoms with Gasteiger partial charge in [-0.3, -0.25) is 14.4 Å². The highest BCUT2D eigenvalue weighted by atomic mass is 16.5. The van der Waals surface area contributed by atoms with Crippen LogP contribution in [0, 0.1) is 5.92 Å². The van der Waals surface area contributed by atoms with Crippen LogP contribution in [0.4, 0.5) is 0 Å². The van der Waals surface area contributed by atoms with Gasteiger partial charge in [-0.05, 0) is 19.3 Å². The molecular formula is C15H23NO6. The molecule has 7 heteroatoms. The Kier molecular flexibility index (Phi) is 7.01. The van der Waals surface area contributed by atoms with Crippen molar-refractivity contribution < 1.29 is 29.0 Å². The van der Waals surface area contributed by atoms with Gasteiger partial charge in [-0.15, -0.1) is 0 Å². The molecule has 0 aromatic carbocycles. The zero-order valence-corrected chi connectivity index (χ0v) is 13.0. The number of amides is 1. The van der Waals surface area contributed by atoms with E-state index in [1.165, 1.54) is 12.0 Å². The highest BCUT2D eigenvalue weighted by Crippen LogP contribution is 2.24. The molecule has 1 amide bonds. The van der Waals surface area contributed by atoms with E-state index < -0.39 is 29.7 Å². The highest BCUT2D eigenvalue weighted by Gasteiger charge is 2.39. The number of likely N-dealkylation sites (tertiary alicyclic amines) is 1. The third kappa shape index (κ3) is 4.54. The van der Waals surface area contributed by atoms with Gasteiger partial charge >= 0.3 is 11.9 Å². The molecule has 1 fully saturated rings. The lowest BCUT2D eigenvalue weighted by Crippen LogP contribution is -2.46. The molecule has 0 spiro atoms. The Morgan fingerprint density at radius 1 is 1.32 bits per heavy atom. The summed E-state index contributed by atoms with van der Waals surface area (Å²) in [5, 5.41) is 8.84. The van der Waals surface area contributed by atoms with Gasteiger partial charge in [-0.1, -0.05) is 19.8 Å². The van der Waals surface area contributed by atoms with Gasteiger partial charge < -0.3 is 14.7 Å². The molecule has 0 aromatic rings. The van der Waals surface area contributed by atoms with Crippen LogP contribution in [-0.2, 0) is 23.9 Å². The molecule has 1 saturated heterocycles. The minimum absolute atomic E-state index is 0.0418. The Labute approximate surface area is 129 Å². The van der Waals surface area contributed by atoms with E-state index in [0.717, 1.165) is 12.8 Å². The van der Waals surface area contributed by atoms with Gasteiger partial charge in [-0.2, -0.15) is 0 Å². The summed E-state index contributed by atoms with van der Waals surface area (Å²) in [5.74, 6) is -3.85. The highest BCUT2D eigenvalue weighted by molar-refractivity contribution is 6.35. The number of ether oxygens (including phenoxy) is 1. The molecule has 124 valence electrons. The Morgan fingerprint density at radius 2 is 2.00 bits per heavy atom. The van der Waals surface area contributed by atoms with Crippen LogP contribution >= 0.6 is 0 Å². The molecule has 1 aliphatic rings. The number of carbonyl (C=O) groups excluding carboxylic acids is 3. The quantitative estimate of drug-likeness (QED) is 0.530. The van der Waals surface area contributed by atoms with Crippen LogP contribution in [0.3, 0.4) is 0 Å². The topological polar surface area (TPSA) is 101 Å². The number of carboxylic acids is 1. The van der Waals surface area contributed by atoms with E-state index in [-0.39, 0.29) is 12.3 Å². The number of rotatable bonds is 8. The van der Waals surface area contributed by atoms with Crippen molar-refractivity contribution in [2.75, 3.05) is 13.7 Å². The summed E-state index contributed by atoms with van der Waals surface area (Å²) in [6.45, 7) is 2.33. The zero-order chi connectivity index (χ0) is 16.7. The molecule has 1 heterocycles. The molecular weight excluding hydrogens is 290 g/mol. The Bertz CT molecular complexity index is 447. The lowest BCUT2D eigenvalue weighted by atomic mass is 9.96. The minimum Gasteiger partial charge on any atom is -0.475 e. The van der Waals surface area contributed by atoms with Crippen molar-refractivity contribution in [1.29, 1.82) is 0 Å². The standard InChI is InChI=1S/C15H23NO6/c1-3-4-6-10(9-12(17)22-2)14(19)16-8-5-7-11(16)13(18)15(20)21/h10-11H,3-9H2,1-2H3,(H,20,21)/t10-,11+/m1/s1. The van der Waals surface area contributed by atoms with E-state index in [1.807, 2.05) is 6.92 Å². The maximum Gasteiger partial charge on any atom is 0.374 e. The van der Waals surface area contributed by atoms with Crippen LogP contribution < -0.4 is 0 Å². The molecule has 1 N–H and O–H groups in total. The predicted molar refractivity (Wildman–Crippen MR) is 77.0 cm³/mol. The minimum atomic E-state index is -1.53. The molecule has 0 radical (unpaired) electrons. The Balaban J connectivity index is 2.84. The lowest BCUT2D eigenvalue weighted by Gasteiger charge is -2.27. The molecule has 0 bridgehead atoms. The maximum absolute atomic E-state index is 12.6. The number of nitrogens with zero attached hydrogens (tertiary/aromatic N) is 1. The van der Waals surface area contributed by atoms with E-state index in [0.29, 0.717) is 25.8 Å². The van der Waals surface area contributed by atoms with Crippen LogP contribution in [-0.4, -0.2) is 53.3 Å². The van der Waals surface area contributed by atoms with Crippen LogP contribution in [0.15, 0.2) is 0 Å². The number of ketones is 1. The SMILES string of the molecule is CCCC[C@H](CC(=O)OC)C(=O)N1CCC[C@H]1C(=O)C(=O)O. The van der Waals surface area contributed by atoms with Gasteiger partial charge in [0.2, 0.25) is 5.91 Å². The number of esters is 1. The van der Waals surface area contributed by atoms with Crippen molar-refractivity contribution in [3.05, 3.63) is 0 Å². The second-order valence-corrected chi connectivity index (χ2v) is 5.48. The third-order valence-corrected chi connectivity index (χ3v) is 3.95. The summed E-state index contributed by atoms with van der Waals surface area (Å²) in [6.07, 6.45) is 3.08. The van der Waals surface area contributed by atoms with Crippen LogP contribution in [0.5, 0.6) is 0 Å². The van der Waals surface area contributed by atoms with Crippen molar-refractivity contribution in [2.24, 2.45) is 5.92 Å². The number of unbranched alkanes of at least 4 members (excludes halogenated alkanes) is 1. The molecule has 7 nitrogen and oxygen atoms in total. The van der Waals surface area contributed by atoms with E-state index >= 15 is 0 Å². The predicted octanol–water partition coefficient (Wildman–Crippen LogP) is 1.00. The van der Waals surface area contributed by atoms with E-state index in [9.17, 15) is 19.2 Å². The fraction of sp³-hybridized carbons (Fsp3) is 0.733. The molecule has 0 aromatic heterocycles. The smallest absolute Gasteiger partial charge is 0.374 e. The van der Waals surface area contributed by atoms with Crippen molar-refractivity contribution in [2.45, 2.75) is 51.5 Å². The summed E-state index contributed by atoms with van der Waals surface area (Å²) in [5.41, 5.74) is 0. The molecule has 0 saturated carbocycles. The molecule has 0 aliphatic carbocycles. The fourth-order valence-electron chi connectivity index (χ4n) is 2.73. The second kappa shape index (κ2) is 8.51. The molecule has 1 rings (SSSR count). The zero-order valence-electron chi connectivity index (χ0n) is 13.0. The number of aliphatic carboxylic acids is 1. The summed E-state index contributed by atoms with van der Waals surface area (Å²) < 4.78 is 4.62. The molecule has 0 unspecified atom stereocenters. The van der Waals surface area contributed by atoms with E-state index in [1.54, 1.807) is 0 Å². The maximum atomic E-state index is 12.6. The first-order valence-electron chi connectivity index (χ1n) is 7.56. The number of carbonyl (C=O) groups is 4. The van der Waals surface area contributed by atoms with Crippen LogP contribution in [0.25, 0.3) is 0 Å². The summed E-state index contributed by atoms with van der Waals surface area (Å²) in [4.78, 5) is 48.0. The Morgan fingerprint density at radius 3 is 2.55 bits per heavy atom. The first-order chi connectivity index (χ1) is 10.4. The summed E-state index contributed by atoms with van der Waals surface area (Å²) in [7, 11) is 1.26. The van der Waals surface area contributed by atoms with Gasteiger partial charge in [0.1, 0.15) is 6.04 Å². The van der Waals surface area contributed by atoms with Crippen molar-refractivity contribution >= 4 is 23.6 Å². The largest absolute Gasteiger partial charge is 0.475 e. The van der Waals surface area contributed by atoms with Crippen molar-refractivity contribution in [3.63, 3.8) is 0 Å². The fourth-order valence-corrected chi connectivity index (χ4v) is 2.73. The van der Waals surface area contributed by atoms with Gasteiger partial charge in [0, 0.05) is 12.5 Å². The van der Waals surface area contributed by atoms with E-state index in [2.05, 4.69) is 4.74 Å². The molecule has 1 aliphatic heterocycles. The number of hydrogen-bond acceptors (Lipinski definition) is 5. The first kappa shape index (κ1) is 18.1. The number of methoxy groups -OCH3 is 1. The van der Waals surface area contributed by atoms with Crippen molar-refractivity contribution in [1.82, 2.24) is 4.90 Å². The van der Waals surface area contributed by atoms with Crippen molar-refractivity contribution in [3.8, 4) is 0 Å². The first-order valence-corrected chi connectivity index (χ1v) is 7.56. The van der Waals surface area contributed by atoms with Gasteiger partial charge in [0.15, 0.2) is 0 Å². The van der Waals surface area contributed by atoms with Crippen LogP contribution in [0.2, 0.25) is 0 Å². The van der Waals surface area contributed by atoms with Gasteiger partial charge in [-0.25, -0.2) is 4.79 Å². The van der Waals surface area contributed by atoms with Gasteiger partial charge in [0.25, 0.3) is 5.78 Å². The summed E-state index contributed by atoms with van der Waals surface area (Å²) in [6, 6.07) is -0.910. The second-order valence-electron chi connectivity index (χ2n) is 5.48. The average molecular weight is 313 g/mol. The number of Topliss-reactive ketones (excluding diaryl/α,β-unsaturated/α-hetero) is 1. The normalized spacial score (nSPS) is 18.8. The third-order valence-electron chi connectivity index (χ3n) is 3.95. The monoisotopic (exact) mass is 313 g/mol. The van der Waals surface area contributed by atoms with Crippen LogP contribution in [0.1, 0.15) is 45.4 Å². The number of carboxylic acid groups (broad SMARTS) is 1. The summed E-state index contributed by atoms with van der Waals surface area (Å²) >= 11 is 0. The Hall–Kier alpha value is -1.92. The van der Waals surface area contributed by atoms with Gasteiger partial charge in [0.05, 0.1) is 13.5 Å². The molecule has 22 heavy (non-hydrogen) atoms. The van der Waals surface area contributed by atoms with E-state index in [4.69, 9.17) is 5.11 Å².